The molecule has 0 rings (SSSR count). The number of methoxy groups -OCH3 is 1. The number of Topliss-reactive ketones (excluding diaryl/α,β-unsaturated/α-hetero) is 1. The highest BCUT2D eigenvalue weighted by Crippen LogP contribution is 2.16. The number of carboxylic acids is 1. The van der Waals surface area contributed by atoms with Crippen molar-refractivity contribution in [3.05, 3.63) is 0 Å². The number of quaternary nitrogens is 1. The van der Waals surface area contributed by atoms with E-state index in [0.29, 0.717) is 4.48 Å². The van der Waals surface area contributed by atoms with Gasteiger partial charge in [0.2, 0.25) is 0 Å². The summed E-state index contributed by atoms with van der Waals surface area (Å²) in [5, 5.41) is 18.8. The summed E-state index contributed by atoms with van der Waals surface area (Å²) in [5.74, 6) is -1.81. The summed E-state index contributed by atoms with van der Waals surface area (Å²) >= 11 is 0. The van der Waals surface area contributed by atoms with E-state index in [9.17, 15) is 14.7 Å². The molecule has 0 amide bonds. The van der Waals surface area contributed by atoms with Crippen molar-refractivity contribution in [2.45, 2.75) is 12.0 Å². The minimum atomic E-state index is -1.87. The molecule has 0 aromatic carbocycles. The van der Waals surface area contributed by atoms with Crippen molar-refractivity contribution in [3.63, 3.8) is 0 Å². The van der Waals surface area contributed by atoms with E-state index in [1.54, 1.807) is 21.1 Å². The summed E-state index contributed by atoms with van der Waals surface area (Å²) in [7, 11) is 6.64. The topological polar surface area (TPSA) is 83.8 Å². The second-order valence-electron chi connectivity index (χ2n) is 4.91. The molecule has 0 aliphatic rings. The molecule has 0 saturated heterocycles. The van der Waals surface area contributed by atoms with E-state index in [-0.39, 0.29) is 13.2 Å². The summed E-state index contributed by atoms with van der Waals surface area (Å²) in [6, 6.07) is 0. The maximum atomic E-state index is 11.6. The third kappa shape index (κ3) is 5.20. The van der Waals surface area contributed by atoms with Crippen LogP contribution in [0.1, 0.15) is 6.42 Å². The molecule has 94 valence electrons. The van der Waals surface area contributed by atoms with Crippen molar-refractivity contribution in [1.82, 2.24) is 0 Å². The van der Waals surface area contributed by atoms with Crippen LogP contribution in [0.25, 0.3) is 0 Å². The van der Waals surface area contributed by atoms with Gasteiger partial charge in [0.05, 0.1) is 27.6 Å². The Labute approximate surface area is 95.0 Å². The second kappa shape index (κ2) is 5.38. The first kappa shape index (κ1) is 15.0. The van der Waals surface area contributed by atoms with E-state index in [2.05, 4.69) is 4.74 Å². The Bertz CT molecular complexity index is 271. The van der Waals surface area contributed by atoms with Crippen molar-refractivity contribution in [2.24, 2.45) is 0 Å². The van der Waals surface area contributed by atoms with E-state index in [4.69, 9.17) is 5.11 Å². The van der Waals surface area contributed by atoms with E-state index in [1.807, 2.05) is 0 Å². The minimum absolute atomic E-state index is 0.0293. The van der Waals surface area contributed by atoms with Crippen LogP contribution in [0.2, 0.25) is 0 Å². The molecular weight excluding hydrogens is 214 g/mol. The van der Waals surface area contributed by atoms with Gasteiger partial charge in [0.1, 0.15) is 13.2 Å². The van der Waals surface area contributed by atoms with Crippen molar-refractivity contribution in [3.8, 4) is 0 Å². The van der Waals surface area contributed by atoms with Crippen LogP contribution < -0.4 is 0 Å². The molecular formula is C10H20NO5+. The minimum Gasteiger partial charge on any atom is -0.481 e. The number of aliphatic hydroxyl groups is 1. The third-order valence-electron chi connectivity index (χ3n) is 1.97. The van der Waals surface area contributed by atoms with Gasteiger partial charge in [-0.3, -0.25) is 9.59 Å². The van der Waals surface area contributed by atoms with Crippen LogP contribution in [0.3, 0.4) is 0 Å². The molecule has 0 aliphatic carbocycles. The third-order valence-corrected chi connectivity index (χ3v) is 1.97. The number of carbonyl (C=O) groups excluding carboxylic acids is 1. The number of nitrogens with zero attached hydrogens (tertiary/aromatic N) is 1. The Morgan fingerprint density at radius 1 is 1.31 bits per heavy atom. The lowest BCUT2D eigenvalue weighted by Crippen LogP contribution is -2.55. The lowest BCUT2D eigenvalue weighted by atomic mass is 9.93. The highest BCUT2D eigenvalue weighted by atomic mass is 16.5. The summed E-state index contributed by atoms with van der Waals surface area (Å²) in [6.07, 6.45) is -0.606. The monoisotopic (exact) mass is 234 g/mol. The number of carboxylic acid groups (broad SMARTS) is 1. The lowest BCUT2D eigenvalue weighted by Gasteiger charge is -2.33. The molecule has 16 heavy (non-hydrogen) atoms. The Balaban J connectivity index is 4.87. The van der Waals surface area contributed by atoms with Crippen LogP contribution in [0.15, 0.2) is 0 Å². The van der Waals surface area contributed by atoms with Crippen LogP contribution in [0.4, 0.5) is 0 Å². The van der Waals surface area contributed by atoms with Gasteiger partial charge >= 0.3 is 5.97 Å². The van der Waals surface area contributed by atoms with Crippen molar-refractivity contribution in [1.29, 1.82) is 0 Å². The van der Waals surface area contributed by atoms with E-state index in [0.717, 1.165) is 0 Å². The van der Waals surface area contributed by atoms with Crippen LogP contribution in [0, 0.1) is 0 Å². The Morgan fingerprint density at radius 3 is 2.12 bits per heavy atom. The first-order valence-electron chi connectivity index (χ1n) is 4.87. The number of hydrogen-bond donors (Lipinski definition) is 2. The Hall–Kier alpha value is -0.980. The first-order chi connectivity index (χ1) is 7.10. The van der Waals surface area contributed by atoms with Gasteiger partial charge in [0.15, 0.2) is 11.4 Å². The summed E-state index contributed by atoms with van der Waals surface area (Å²) in [4.78, 5) is 22.3. The van der Waals surface area contributed by atoms with Crippen LogP contribution in [-0.2, 0) is 14.3 Å². The number of rotatable bonds is 7. The molecule has 0 aromatic heterocycles. The summed E-state index contributed by atoms with van der Waals surface area (Å²) in [6.45, 7) is -0.259. The smallest absolute Gasteiger partial charge is 0.306 e. The molecule has 6 nitrogen and oxygen atoms in total. The normalized spacial score (nSPS) is 15.6. The maximum absolute atomic E-state index is 11.6. The molecule has 6 heteroatoms. The van der Waals surface area contributed by atoms with Gasteiger partial charge in [-0.25, -0.2) is 0 Å². The lowest BCUT2D eigenvalue weighted by molar-refractivity contribution is -0.875. The van der Waals surface area contributed by atoms with Gasteiger partial charge in [-0.15, -0.1) is 0 Å². The maximum Gasteiger partial charge on any atom is 0.306 e. The molecule has 0 spiro atoms. The molecule has 0 bridgehead atoms. The number of ketones is 1. The molecule has 1 unspecified atom stereocenters. The van der Waals surface area contributed by atoms with Crippen molar-refractivity contribution in [2.75, 3.05) is 41.4 Å². The van der Waals surface area contributed by atoms with E-state index >= 15 is 0 Å². The zero-order valence-corrected chi connectivity index (χ0v) is 10.2. The molecule has 0 aromatic rings. The second-order valence-corrected chi connectivity index (χ2v) is 4.91. The summed E-state index contributed by atoms with van der Waals surface area (Å²) < 4.78 is 4.93. The van der Waals surface area contributed by atoms with Gasteiger partial charge in [-0.2, -0.15) is 0 Å². The van der Waals surface area contributed by atoms with Gasteiger partial charge in [0.25, 0.3) is 0 Å². The highest BCUT2D eigenvalue weighted by molar-refractivity contribution is 5.91. The zero-order valence-electron chi connectivity index (χ0n) is 10.2. The quantitative estimate of drug-likeness (QED) is 0.558. The predicted octanol–water partition coefficient (Wildman–Crippen LogP) is -0.886. The number of likely N-dealkylation sites (N-methyl/N-ethyl adjacent to an activating group) is 1. The van der Waals surface area contributed by atoms with Gasteiger partial charge in [-0.1, -0.05) is 0 Å². The average molecular weight is 234 g/mol. The molecule has 0 heterocycles. The Morgan fingerprint density at radius 2 is 1.81 bits per heavy atom. The number of carbonyl (C=O) groups is 2. The number of aliphatic carboxylic acids is 1. The fourth-order valence-electron chi connectivity index (χ4n) is 1.54. The summed E-state index contributed by atoms with van der Waals surface area (Å²) in [5.41, 5.74) is -1.87. The molecule has 0 fully saturated rings. The van der Waals surface area contributed by atoms with Crippen molar-refractivity contribution >= 4 is 11.8 Å². The van der Waals surface area contributed by atoms with Crippen molar-refractivity contribution < 1.29 is 29.0 Å². The molecule has 2 N–H and O–H groups in total. The van der Waals surface area contributed by atoms with Gasteiger partial charge in [-0.05, 0) is 0 Å². The average Bonchev–Trinajstić information content (AvgIpc) is 1.98. The molecule has 0 radical (unpaired) electrons. The van der Waals surface area contributed by atoms with E-state index in [1.165, 1.54) is 7.11 Å². The predicted molar refractivity (Wildman–Crippen MR) is 57.0 cm³/mol. The number of ether oxygens (including phenoxy) is 1. The SMILES string of the molecule is COCC(=O)C(O)(CC(=O)O)C[N+](C)(C)C. The standard InChI is InChI=1S/C10H19NO5/c1-11(2,3)7-10(15,5-9(13)14)8(12)6-16-4/h15H,5-7H2,1-4H3/p+1. The highest BCUT2D eigenvalue weighted by Gasteiger charge is 2.42. The first-order valence-corrected chi connectivity index (χ1v) is 4.87. The largest absolute Gasteiger partial charge is 0.481 e. The van der Waals surface area contributed by atoms with Crippen LogP contribution in [0.5, 0.6) is 0 Å². The molecule has 0 saturated carbocycles. The fourth-order valence-corrected chi connectivity index (χ4v) is 1.54. The van der Waals surface area contributed by atoms with Crippen LogP contribution >= 0.6 is 0 Å². The van der Waals surface area contributed by atoms with Gasteiger partial charge < -0.3 is 19.4 Å². The Kier molecular flexibility index (Phi) is 5.05. The molecule has 0 aliphatic heterocycles. The fraction of sp³-hybridized carbons (Fsp3) is 0.800. The number of hydrogen-bond acceptors (Lipinski definition) is 4. The zero-order chi connectivity index (χ0) is 13.0. The van der Waals surface area contributed by atoms with Crippen LogP contribution in [-0.4, -0.2) is 73.5 Å². The van der Waals surface area contributed by atoms with Gasteiger partial charge in [0, 0.05) is 7.11 Å². The molecule has 1 atom stereocenters. The van der Waals surface area contributed by atoms with E-state index < -0.39 is 23.8 Å².